The van der Waals surface area contributed by atoms with Crippen LogP contribution in [0, 0.1) is 0 Å². The Labute approximate surface area is 112 Å². The predicted molar refractivity (Wildman–Crippen MR) is 72.5 cm³/mol. The van der Waals surface area contributed by atoms with E-state index < -0.39 is 9.84 Å². The van der Waals surface area contributed by atoms with Gasteiger partial charge in [0.05, 0.1) is 17.1 Å². The fourth-order valence-corrected chi connectivity index (χ4v) is 2.29. The van der Waals surface area contributed by atoms with Crippen LogP contribution in [0.2, 0.25) is 0 Å². The molecule has 0 spiro atoms. The maximum Gasteiger partial charge on any atom is 0.211 e. The van der Waals surface area contributed by atoms with Gasteiger partial charge in [-0.25, -0.2) is 13.4 Å². The molecule has 1 unspecified atom stereocenters. The van der Waals surface area contributed by atoms with Crippen LogP contribution in [0.5, 0.6) is 0 Å². The second-order valence-corrected chi connectivity index (χ2v) is 6.39. The molecule has 0 fully saturated rings. The molecule has 102 valence electrons. The number of rotatable bonds is 4. The van der Waals surface area contributed by atoms with Crippen molar-refractivity contribution < 1.29 is 12.8 Å². The molecule has 5 nitrogen and oxygen atoms in total. The summed E-state index contributed by atoms with van der Waals surface area (Å²) in [7, 11) is -1.40. The summed E-state index contributed by atoms with van der Waals surface area (Å²) in [5.41, 5.74) is 0.699. The van der Waals surface area contributed by atoms with Crippen LogP contribution in [-0.2, 0) is 9.84 Å². The average Bonchev–Trinajstić information content (AvgIpc) is 2.86. The Balaban J connectivity index is 2.40. The first kappa shape index (κ1) is 13.8. The quantitative estimate of drug-likeness (QED) is 0.927. The molecule has 0 aliphatic rings. The highest BCUT2D eigenvalue weighted by molar-refractivity contribution is 7.90. The molecule has 0 saturated heterocycles. The fraction of sp³-hybridized carbons (Fsp3) is 0.308. The number of benzene rings is 1. The third-order valence-electron chi connectivity index (χ3n) is 2.87. The molecule has 1 N–H and O–H groups in total. The second kappa shape index (κ2) is 5.14. The highest BCUT2D eigenvalue weighted by Crippen LogP contribution is 2.25. The second-order valence-electron chi connectivity index (χ2n) is 4.37. The molecule has 19 heavy (non-hydrogen) atoms. The largest absolute Gasteiger partial charge is 0.439 e. The molecule has 0 amide bonds. The van der Waals surface area contributed by atoms with E-state index in [-0.39, 0.29) is 10.9 Å². The van der Waals surface area contributed by atoms with Crippen LogP contribution in [0.25, 0.3) is 11.3 Å². The highest BCUT2D eigenvalue weighted by atomic mass is 32.2. The molecule has 0 bridgehead atoms. The van der Waals surface area contributed by atoms with Crippen molar-refractivity contribution in [2.45, 2.75) is 17.9 Å². The molecule has 0 saturated carbocycles. The molecule has 6 heteroatoms. The van der Waals surface area contributed by atoms with E-state index in [1.807, 2.05) is 14.0 Å². The molecular formula is C13H16N2O3S. The zero-order valence-corrected chi connectivity index (χ0v) is 11.9. The van der Waals surface area contributed by atoms with Crippen molar-refractivity contribution in [3.8, 4) is 11.3 Å². The van der Waals surface area contributed by atoms with Gasteiger partial charge in [-0.3, -0.25) is 0 Å². The summed E-state index contributed by atoms with van der Waals surface area (Å²) in [6.45, 7) is 1.93. The van der Waals surface area contributed by atoms with Gasteiger partial charge in [-0.2, -0.15) is 0 Å². The zero-order chi connectivity index (χ0) is 14.0. The first-order valence-corrected chi connectivity index (χ1v) is 7.74. The maximum atomic E-state index is 11.5. The van der Waals surface area contributed by atoms with Gasteiger partial charge >= 0.3 is 0 Å². The Morgan fingerprint density at radius 2 is 2.11 bits per heavy atom. The first-order chi connectivity index (χ1) is 8.91. The van der Waals surface area contributed by atoms with Crippen molar-refractivity contribution >= 4 is 9.84 Å². The van der Waals surface area contributed by atoms with Crippen molar-refractivity contribution in [3.63, 3.8) is 0 Å². The molecule has 1 aromatic heterocycles. The summed E-state index contributed by atoms with van der Waals surface area (Å²) in [5, 5.41) is 3.03. The van der Waals surface area contributed by atoms with E-state index in [1.54, 1.807) is 30.5 Å². The highest BCUT2D eigenvalue weighted by Gasteiger charge is 2.13. The van der Waals surface area contributed by atoms with Crippen LogP contribution in [0.15, 0.2) is 39.8 Å². The van der Waals surface area contributed by atoms with E-state index in [0.29, 0.717) is 17.2 Å². The fourth-order valence-electron chi connectivity index (χ4n) is 1.62. The monoisotopic (exact) mass is 280 g/mol. The van der Waals surface area contributed by atoms with E-state index in [2.05, 4.69) is 10.3 Å². The minimum absolute atomic E-state index is 0.00633. The minimum atomic E-state index is -3.22. The summed E-state index contributed by atoms with van der Waals surface area (Å²) in [6, 6.07) is 6.64. The molecule has 0 aliphatic carbocycles. The molecule has 1 aromatic carbocycles. The predicted octanol–water partition coefficient (Wildman–Crippen LogP) is 2.03. The van der Waals surface area contributed by atoms with E-state index >= 15 is 0 Å². The third kappa shape index (κ3) is 3.02. The first-order valence-electron chi connectivity index (χ1n) is 5.85. The van der Waals surface area contributed by atoms with Crippen LogP contribution in [0.1, 0.15) is 18.9 Å². The van der Waals surface area contributed by atoms with Gasteiger partial charge < -0.3 is 9.73 Å². The number of sulfone groups is 1. The van der Waals surface area contributed by atoms with E-state index in [0.717, 1.165) is 0 Å². The van der Waals surface area contributed by atoms with Crippen molar-refractivity contribution in [1.29, 1.82) is 0 Å². The van der Waals surface area contributed by atoms with Gasteiger partial charge in [0.25, 0.3) is 0 Å². The summed E-state index contributed by atoms with van der Waals surface area (Å²) in [6.07, 6.45) is 2.78. The van der Waals surface area contributed by atoms with Crippen molar-refractivity contribution in [1.82, 2.24) is 10.3 Å². The summed E-state index contributed by atoms with van der Waals surface area (Å²) >= 11 is 0. The number of nitrogens with zero attached hydrogens (tertiary/aromatic N) is 1. The Hall–Kier alpha value is -1.66. The number of aromatic nitrogens is 1. The maximum absolute atomic E-state index is 11.5. The Morgan fingerprint density at radius 3 is 2.74 bits per heavy atom. The smallest absolute Gasteiger partial charge is 0.211 e. The van der Waals surface area contributed by atoms with Crippen LogP contribution >= 0.6 is 0 Å². The molecule has 1 heterocycles. The lowest BCUT2D eigenvalue weighted by Gasteiger charge is -2.04. The minimum Gasteiger partial charge on any atom is -0.439 e. The van der Waals surface area contributed by atoms with Crippen LogP contribution in [0.3, 0.4) is 0 Å². The standard InChI is InChI=1S/C13H16N2O3S/c1-9(14-2)13-15-8-12(18-13)10-5-4-6-11(7-10)19(3,16)17/h4-9,14H,1-3H3. The summed E-state index contributed by atoms with van der Waals surface area (Å²) < 4.78 is 28.7. The Bertz CT molecular complexity index is 677. The SMILES string of the molecule is CNC(C)c1ncc(-c2cccc(S(C)(=O)=O)c2)o1. The molecule has 2 rings (SSSR count). The zero-order valence-electron chi connectivity index (χ0n) is 11.0. The molecular weight excluding hydrogens is 264 g/mol. The van der Waals surface area contributed by atoms with Gasteiger partial charge in [-0.05, 0) is 26.1 Å². The number of oxazole rings is 1. The normalized spacial score (nSPS) is 13.4. The average molecular weight is 280 g/mol. The Kier molecular flexibility index (Phi) is 3.73. The lowest BCUT2D eigenvalue weighted by Crippen LogP contribution is -2.12. The number of hydrogen-bond acceptors (Lipinski definition) is 5. The molecule has 0 radical (unpaired) electrons. The Morgan fingerprint density at radius 1 is 1.37 bits per heavy atom. The van der Waals surface area contributed by atoms with Crippen molar-refractivity contribution in [3.05, 3.63) is 36.4 Å². The number of hydrogen-bond donors (Lipinski definition) is 1. The molecule has 0 aliphatic heterocycles. The van der Waals surface area contributed by atoms with Gasteiger partial charge in [0.15, 0.2) is 15.6 Å². The summed E-state index contributed by atoms with van der Waals surface area (Å²) in [4.78, 5) is 4.44. The van der Waals surface area contributed by atoms with Gasteiger partial charge in [0.2, 0.25) is 5.89 Å². The van der Waals surface area contributed by atoms with Crippen molar-refractivity contribution in [2.75, 3.05) is 13.3 Å². The van der Waals surface area contributed by atoms with E-state index in [1.165, 1.54) is 6.26 Å². The van der Waals surface area contributed by atoms with Gasteiger partial charge in [0.1, 0.15) is 0 Å². The lowest BCUT2D eigenvalue weighted by molar-refractivity contribution is 0.441. The van der Waals surface area contributed by atoms with Gasteiger partial charge in [0, 0.05) is 11.8 Å². The number of nitrogens with one attached hydrogen (secondary N) is 1. The van der Waals surface area contributed by atoms with Crippen LogP contribution < -0.4 is 5.32 Å². The van der Waals surface area contributed by atoms with Crippen LogP contribution in [-0.4, -0.2) is 26.7 Å². The molecule has 2 aromatic rings. The molecule has 1 atom stereocenters. The van der Waals surface area contributed by atoms with Crippen LogP contribution in [0.4, 0.5) is 0 Å². The topological polar surface area (TPSA) is 72.2 Å². The van der Waals surface area contributed by atoms with E-state index in [9.17, 15) is 8.42 Å². The van der Waals surface area contributed by atoms with Gasteiger partial charge in [-0.1, -0.05) is 12.1 Å². The van der Waals surface area contributed by atoms with Crippen molar-refractivity contribution in [2.24, 2.45) is 0 Å². The summed E-state index contributed by atoms with van der Waals surface area (Å²) in [5.74, 6) is 1.13. The third-order valence-corrected chi connectivity index (χ3v) is 3.98. The lowest BCUT2D eigenvalue weighted by atomic mass is 10.2. The van der Waals surface area contributed by atoms with E-state index in [4.69, 9.17) is 4.42 Å². The van der Waals surface area contributed by atoms with Gasteiger partial charge in [-0.15, -0.1) is 0 Å².